The summed E-state index contributed by atoms with van der Waals surface area (Å²) >= 11 is 0. The van der Waals surface area contributed by atoms with Crippen LogP contribution in [0.15, 0.2) is 12.2 Å². The lowest BCUT2D eigenvalue weighted by molar-refractivity contribution is -0.419. The van der Waals surface area contributed by atoms with Crippen molar-refractivity contribution in [2.75, 3.05) is 0 Å². The van der Waals surface area contributed by atoms with Gasteiger partial charge < -0.3 is 9.47 Å². The molecular formula is C10H14O4. The van der Waals surface area contributed by atoms with Gasteiger partial charge in [-0.3, -0.25) is 0 Å². The number of ether oxygens (including phenoxy) is 2. The predicted molar refractivity (Wildman–Crippen MR) is 47.3 cm³/mol. The quantitative estimate of drug-likeness (QED) is 0.432. The van der Waals surface area contributed by atoms with E-state index in [4.69, 9.17) is 19.2 Å². The molecule has 3 aliphatic heterocycles. The minimum atomic E-state index is -0.544. The molecule has 0 amide bonds. The van der Waals surface area contributed by atoms with E-state index in [9.17, 15) is 0 Å². The molecule has 14 heavy (non-hydrogen) atoms. The Morgan fingerprint density at radius 2 is 1.93 bits per heavy atom. The van der Waals surface area contributed by atoms with E-state index in [1.165, 1.54) is 0 Å². The van der Waals surface area contributed by atoms with Gasteiger partial charge in [0.2, 0.25) is 0 Å². The standard InChI is InChI=1S/C10H14O4/c1-9(2)11-7-6-4-5-10(3,14-13-6)8(7)12-9/h4-8H,1-3H3/t6-,7+,8+,10+/m1/s1. The zero-order valence-electron chi connectivity index (χ0n) is 8.52. The molecule has 4 nitrogen and oxygen atoms in total. The topological polar surface area (TPSA) is 36.9 Å². The molecule has 4 rings (SSSR count). The maximum absolute atomic E-state index is 5.81. The molecule has 2 bridgehead atoms. The van der Waals surface area contributed by atoms with Crippen LogP contribution in [0, 0.1) is 0 Å². The molecule has 0 N–H and O–H groups in total. The van der Waals surface area contributed by atoms with Crippen molar-refractivity contribution in [3.8, 4) is 0 Å². The average Bonchev–Trinajstić information content (AvgIpc) is 2.43. The van der Waals surface area contributed by atoms with E-state index in [2.05, 4.69) is 0 Å². The zero-order chi connectivity index (χ0) is 9.97. The van der Waals surface area contributed by atoms with Crippen LogP contribution in [-0.2, 0) is 19.2 Å². The van der Waals surface area contributed by atoms with Crippen molar-refractivity contribution in [1.29, 1.82) is 0 Å². The predicted octanol–water partition coefficient (Wildman–Crippen LogP) is 1.17. The van der Waals surface area contributed by atoms with Crippen LogP contribution in [0.5, 0.6) is 0 Å². The van der Waals surface area contributed by atoms with E-state index >= 15 is 0 Å². The first-order valence-corrected chi connectivity index (χ1v) is 4.90. The summed E-state index contributed by atoms with van der Waals surface area (Å²) in [6.45, 7) is 5.77. The lowest BCUT2D eigenvalue weighted by Gasteiger charge is -2.44. The lowest BCUT2D eigenvalue weighted by Crippen LogP contribution is -2.58. The highest BCUT2D eigenvalue weighted by atomic mass is 17.2. The molecule has 0 unspecified atom stereocenters. The molecular weight excluding hydrogens is 184 g/mol. The van der Waals surface area contributed by atoms with E-state index in [1.54, 1.807) is 0 Å². The van der Waals surface area contributed by atoms with Gasteiger partial charge >= 0.3 is 0 Å². The highest BCUT2D eigenvalue weighted by molar-refractivity contribution is 5.20. The zero-order valence-corrected chi connectivity index (χ0v) is 8.52. The van der Waals surface area contributed by atoms with Crippen LogP contribution in [0.2, 0.25) is 0 Å². The van der Waals surface area contributed by atoms with Crippen molar-refractivity contribution in [1.82, 2.24) is 0 Å². The minimum Gasteiger partial charge on any atom is -0.341 e. The summed E-state index contributed by atoms with van der Waals surface area (Å²) in [4.78, 5) is 10.5. The Labute approximate surface area is 82.7 Å². The molecule has 2 saturated heterocycles. The van der Waals surface area contributed by atoms with Gasteiger partial charge in [-0.2, -0.15) is 0 Å². The molecule has 3 heterocycles. The minimum absolute atomic E-state index is 0.0475. The maximum Gasteiger partial charge on any atom is 0.164 e. The number of fused-ring (bicyclic) bond motifs is 1. The van der Waals surface area contributed by atoms with E-state index in [0.717, 1.165) is 0 Å². The normalized spacial score (nSPS) is 53.5. The van der Waals surface area contributed by atoms with E-state index in [1.807, 2.05) is 32.9 Å². The number of rotatable bonds is 0. The van der Waals surface area contributed by atoms with Gasteiger partial charge in [-0.1, -0.05) is 6.08 Å². The van der Waals surface area contributed by atoms with Crippen molar-refractivity contribution >= 4 is 0 Å². The van der Waals surface area contributed by atoms with E-state index in [-0.39, 0.29) is 18.3 Å². The van der Waals surface area contributed by atoms with Crippen LogP contribution in [0.4, 0.5) is 0 Å². The third-order valence-corrected chi connectivity index (χ3v) is 2.97. The second-order valence-corrected chi connectivity index (χ2v) is 4.71. The highest BCUT2D eigenvalue weighted by Gasteiger charge is 2.59. The molecule has 4 heteroatoms. The summed E-state index contributed by atoms with van der Waals surface area (Å²) in [5, 5.41) is 0. The van der Waals surface area contributed by atoms with Crippen molar-refractivity contribution in [3.05, 3.63) is 12.2 Å². The maximum atomic E-state index is 5.81. The van der Waals surface area contributed by atoms with Crippen LogP contribution in [0.1, 0.15) is 20.8 Å². The van der Waals surface area contributed by atoms with Gasteiger partial charge in [-0.05, 0) is 26.8 Å². The van der Waals surface area contributed by atoms with Gasteiger partial charge in [-0.15, -0.1) is 0 Å². The van der Waals surface area contributed by atoms with Crippen LogP contribution in [-0.4, -0.2) is 29.7 Å². The fourth-order valence-corrected chi connectivity index (χ4v) is 2.28. The Balaban J connectivity index is 1.99. The van der Waals surface area contributed by atoms with E-state index in [0.29, 0.717) is 0 Å². The highest BCUT2D eigenvalue weighted by Crippen LogP contribution is 2.45. The summed E-state index contributed by atoms with van der Waals surface area (Å²) in [7, 11) is 0. The molecule has 0 aromatic rings. The summed E-state index contributed by atoms with van der Waals surface area (Å²) < 4.78 is 11.6. The van der Waals surface area contributed by atoms with E-state index < -0.39 is 11.4 Å². The first-order chi connectivity index (χ1) is 6.50. The van der Waals surface area contributed by atoms with Gasteiger partial charge in [-0.25, -0.2) is 9.78 Å². The van der Waals surface area contributed by atoms with Crippen molar-refractivity contribution in [2.24, 2.45) is 0 Å². The van der Waals surface area contributed by atoms with Crippen molar-refractivity contribution in [2.45, 2.75) is 50.5 Å². The monoisotopic (exact) mass is 198 g/mol. The average molecular weight is 198 g/mol. The summed E-state index contributed by atoms with van der Waals surface area (Å²) in [6, 6.07) is 0. The summed E-state index contributed by atoms with van der Waals surface area (Å²) in [5.74, 6) is -0.544. The third-order valence-electron chi connectivity index (χ3n) is 2.97. The second-order valence-electron chi connectivity index (χ2n) is 4.71. The fraction of sp³-hybridized carbons (Fsp3) is 0.800. The Morgan fingerprint density at radius 3 is 2.50 bits per heavy atom. The fourth-order valence-electron chi connectivity index (χ4n) is 2.28. The molecule has 2 fully saturated rings. The van der Waals surface area contributed by atoms with Crippen molar-refractivity contribution in [3.63, 3.8) is 0 Å². The summed E-state index contributed by atoms with van der Waals surface area (Å²) in [5.41, 5.74) is -0.507. The van der Waals surface area contributed by atoms with Crippen LogP contribution in [0.25, 0.3) is 0 Å². The number of hydrogen-bond donors (Lipinski definition) is 0. The molecule has 78 valence electrons. The molecule has 4 atom stereocenters. The van der Waals surface area contributed by atoms with Gasteiger partial charge in [0.25, 0.3) is 0 Å². The van der Waals surface area contributed by atoms with Crippen molar-refractivity contribution < 1.29 is 19.2 Å². The molecule has 0 saturated carbocycles. The molecule has 0 spiro atoms. The molecule has 4 aliphatic rings. The van der Waals surface area contributed by atoms with Gasteiger partial charge in [0.1, 0.15) is 23.9 Å². The Kier molecular flexibility index (Phi) is 1.51. The first kappa shape index (κ1) is 8.85. The SMILES string of the molecule is CC1(C)O[C@H]2[C@H]3C=C[C@](C)(OO3)[C@H]2O1. The van der Waals surface area contributed by atoms with Gasteiger partial charge in [0.05, 0.1) is 0 Å². The molecule has 0 radical (unpaired) electrons. The second kappa shape index (κ2) is 2.39. The first-order valence-electron chi connectivity index (χ1n) is 4.90. The summed E-state index contributed by atoms with van der Waals surface area (Å²) in [6.07, 6.45) is 3.72. The molecule has 1 aliphatic carbocycles. The Bertz CT molecular complexity index is 298. The van der Waals surface area contributed by atoms with Crippen LogP contribution < -0.4 is 0 Å². The van der Waals surface area contributed by atoms with Gasteiger partial charge in [0, 0.05) is 0 Å². The molecule has 0 aromatic carbocycles. The van der Waals surface area contributed by atoms with Crippen LogP contribution >= 0.6 is 0 Å². The Morgan fingerprint density at radius 1 is 1.14 bits per heavy atom. The Hall–Kier alpha value is -0.420. The number of hydrogen-bond acceptors (Lipinski definition) is 4. The molecule has 0 aromatic heterocycles. The lowest BCUT2D eigenvalue weighted by atomic mass is 9.85. The largest absolute Gasteiger partial charge is 0.341 e. The van der Waals surface area contributed by atoms with Gasteiger partial charge in [0.15, 0.2) is 5.79 Å². The third kappa shape index (κ3) is 1.02. The smallest absolute Gasteiger partial charge is 0.164 e. The van der Waals surface area contributed by atoms with Crippen LogP contribution in [0.3, 0.4) is 0 Å².